The maximum atomic E-state index is 11.0. The molecule has 0 aliphatic carbocycles. The molecular formula is C9H16N4O2. The van der Waals surface area contributed by atoms with Gasteiger partial charge in [-0.2, -0.15) is 0 Å². The number of nitrogens with zero attached hydrogens (tertiary/aromatic N) is 2. The predicted molar refractivity (Wildman–Crippen MR) is 55.7 cm³/mol. The zero-order valence-electron chi connectivity index (χ0n) is 8.93. The lowest BCUT2D eigenvalue weighted by Gasteiger charge is -2.06. The molecule has 1 heterocycles. The van der Waals surface area contributed by atoms with Gasteiger partial charge in [-0.05, 0) is 13.8 Å². The number of aromatic nitrogens is 2. The Kier molecular flexibility index (Phi) is 3.68. The van der Waals surface area contributed by atoms with E-state index in [1.165, 1.54) is 6.33 Å². The van der Waals surface area contributed by atoms with Crippen LogP contribution in [0, 0.1) is 0 Å². The fourth-order valence-electron chi connectivity index (χ4n) is 1.24. The van der Waals surface area contributed by atoms with Gasteiger partial charge >= 0.3 is 0 Å². The first kappa shape index (κ1) is 11.5. The van der Waals surface area contributed by atoms with Gasteiger partial charge in [0.1, 0.15) is 12.0 Å². The molecule has 1 rings (SSSR count). The standard InChI is InChI=1S/C9H16N4O2/c1-6(2)15-4-3-7-8(9(10)14)13(11)5-12-7/h5-6H,3-4,11H2,1-2H3,(H2,10,14). The third kappa shape index (κ3) is 2.95. The third-order valence-corrected chi connectivity index (χ3v) is 1.89. The minimum Gasteiger partial charge on any atom is -0.378 e. The molecule has 0 aliphatic rings. The molecule has 0 fully saturated rings. The highest BCUT2D eigenvalue weighted by Gasteiger charge is 2.14. The largest absolute Gasteiger partial charge is 0.378 e. The molecule has 1 amide bonds. The lowest BCUT2D eigenvalue weighted by Crippen LogP contribution is -2.23. The van der Waals surface area contributed by atoms with Crippen molar-refractivity contribution in [2.24, 2.45) is 5.73 Å². The van der Waals surface area contributed by atoms with E-state index >= 15 is 0 Å². The maximum absolute atomic E-state index is 11.0. The highest BCUT2D eigenvalue weighted by molar-refractivity contribution is 5.92. The summed E-state index contributed by atoms with van der Waals surface area (Å²) in [6.07, 6.45) is 2.05. The smallest absolute Gasteiger partial charge is 0.269 e. The lowest BCUT2D eigenvalue weighted by molar-refractivity contribution is 0.0807. The Labute approximate surface area is 88.2 Å². The topological polar surface area (TPSA) is 96.2 Å². The van der Waals surface area contributed by atoms with Crippen LogP contribution >= 0.6 is 0 Å². The second-order valence-electron chi connectivity index (χ2n) is 3.48. The molecule has 1 aromatic heterocycles. The molecule has 0 radical (unpaired) electrons. The van der Waals surface area contributed by atoms with Crippen LogP contribution in [0.2, 0.25) is 0 Å². The molecule has 0 aliphatic heterocycles. The summed E-state index contributed by atoms with van der Waals surface area (Å²) < 4.78 is 6.48. The molecular weight excluding hydrogens is 196 g/mol. The van der Waals surface area contributed by atoms with Gasteiger partial charge < -0.3 is 16.3 Å². The molecule has 6 heteroatoms. The molecule has 0 saturated heterocycles. The van der Waals surface area contributed by atoms with Gasteiger partial charge in [-0.1, -0.05) is 0 Å². The fourth-order valence-corrected chi connectivity index (χ4v) is 1.24. The monoisotopic (exact) mass is 212 g/mol. The lowest BCUT2D eigenvalue weighted by atomic mass is 10.2. The van der Waals surface area contributed by atoms with Crippen LogP contribution in [-0.4, -0.2) is 28.3 Å². The number of carbonyl (C=O) groups is 1. The Hall–Kier alpha value is -1.56. The van der Waals surface area contributed by atoms with Crippen LogP contribution in [0.15, 0.2) is 6.33 Å². The number of amides is 1. The van der Waals surface area contributed by atoms with Gasteiger partial charge in [0.15, 0.2) is 0 Å². The zero-order valence-corrected chi connectivity index (χ0v) is 8.93. The molecule has 0 spiro atoms. The number of nitrogens with two attached hydrogens (primary N) is 2. The van der Waals surface area contributed by atoms with Crippen LogP contribution in [0.5, 0.6) is 0 Å². The van der Waals surface area contributed by atoms with E-state index in [2.05, 4.69) is 4.98 Å². The Balaban J connectivity index is 2.65. The molecule has 0 saturated carbocycles. The van der Waals surface area contributed by atoms with E-state index in [0.29, 0.717) is 18.7 Å². The van der Waals surface area contributed by atoms with Crippen molar-refractivity contribution in [3.63, 3.8) is 0 Å². The summed E-state index contributed by atoms with van der Waals surface area (Å²) in [6.45, 7) is 4.38. The Morgan fingerprint density at radius 3 is 2.87 bits per heavy atom. The molecule has 84 valence electrons. The van der Waals surface area contributed by atoms with Crippen LogP contribution in [0.1, 0.15) is 30.0 Å². The van der Waals surface area contributed by atoms with Crippen molar-refractivity contribution in [2.45, 2.75) is 26.4 Å². The summed E-state index contributed by atoms with van der Waals surface area (Å²) in [5.41, 5.74) is 5.98. The van der Waals surface area contributed by atoms with E-state index in [4.69, 9.17) is 16.3 Å². The van der Waals surface area contributed by atoms with E-state index in [1.54, 1.807) is 0 Å². The highest BCUT2D eigenvalue weighted by Crippen LogP contribution is 2.05. The summed E-state index contributed by atoms with van der Waals surface area (Å²) in [5, 5.41) is 0. The number of imidazole rings is 1. The summed E-state index contributed by atoms with van der Waals surface area (Å²) in [4.78, 5) is 15.0. The van der Waals surface area contributed by atoms with E-state index in [1.807, 2.05) is 13.8 Å². The number of hydrogen-bond donors (Lipinski definition) is 2. The van der Waals surface area contributed by atoms with Crippen molar-refractivity contribution in [3.8, 4) is 0 Å². The molecule has 0 bridgehead atoms. The van der Waals surface area contributed by atoms with Gasteiger partial charge in [-0.3, -0.25) is 4.79 Å². The quantitative estimate of drug-likeness (QED) is 0.653. The molecule has 4 N–H and O–H groups in total. The first-order valence-electron chi connectivity index (χ1n) is 4.75. The van der Waals surface area contributed by atoms with Crippen LogP contribution in [0.3, 0.4) is 0 Å². The average molecular weight is 212 g/mol. The molecule has 15 heavy (non-hydrogen) atoms. The molecule has 0 aromatic carbocycles. The summed E-state index contributed by atoms with van der Waals surface area (Å²) in [7, 11) is 0. The van der Waals surface area contributed by atoms with Crippen molar-refractivity contribution >= 4 is 5.91 Å². The van der Waals surface area contributed by atoms with Gasteiger partial charge in [-0.15, -0.1) is 0 Å². The summed E-state index contributed by atoms with van der Waals surface area (Å²) in [6, 6.07) is 0. The van der Waals surface area contributed by atoms with E-state index in [0.717, 1.165) is 4.68 Å². The second kappa shape index (κ2) is 4.79. The van der Waals surface area contributed by atoms with Crippen molar-refractivity contribution < 1.29 is 9.53 Å². The van der Waals surface area contributed by atoms with E-state index in [9.17, 15) is 4.79 Å². The van der Waals surface area contributed by atoms with Crippen molar-refractivity contribution in [1.29, 1.82) is 0 Å². The highest BCUT2D eigenvalue weighted by atomic mass is 16.5. The zero-order chi connectivity index (χ0) is 11.4. The average Bonchev–Trinajstić information content (AvgIpc) is 2.46. The second-order valence-corrected chi connectivity index (χ2v) is 3.48. The van der Waals surface area contributed by atoms with Crippen LogP contribution < -0.4 is 11.6 Å². The van der Waals surface area contributed by atoms with Crippen LogP contribution in [0.4, 0.5) is 0 Å². The van der Waals surface area contributed by atoms with Crippen LogP contribution in [0.25, 0.3) is 0 Å². The Morgan fingerprint density at radius 1 is 1.67 bits per heavy atom. The number of carbonyl (C=O) groups excluding carboxylic acids is 1. The molecule has 6 nitrogen and oxygen atoms in total. The summed E-state index contributed by atoms with van der Waals surface area (Å²) in [5.74, 6) is 4.91. The Bertz CT molecular complexity index is 346. The van der Waals surface area contributed by atoms with Gasteiger partial charge in [0.25, 0.3) is 5.91 Å². The van der Waals surface area contributed by atoms with Gasteiger partial charge in [0.2, 0.25) is 0 Å². The van der Waals surface area contributed by atoms with Gasteiger partial charge in [-0.25, -0.2) is 9.66 Å². The number of primary amides is 1. The number of ether oxygens (including phenoxy) is 1. The first-order chi connectivity index (χ1) is 7.02. The van der Waals surface area contributed by atoms with E-state index < -0.39 is 5.91 Å². The van der Waals surface area contributed by atoms with Crippen molar-refractivity contribution in [1.82, 2.24) is 9.66 Å². The molecule has 0 unspecified atom stereocenters. The first-order valence-corrected chi connectivity index (χ1v) is 4.75. The summed E-state index contributed by atoms with van der Waals surface area (Å²) >= 11 is 0. The van der Waals surface area contributed by atoms with E-state index in [-0.39, 0.29) is 11.8 Å². The predicted octanol–water partition coefficient (Wildman–Crippen LogP) is -0.337. The minimum atomic E-state index is -0.574. The third-order valence-electron chi connectivity index (χ3n) is 1.89. The maximum Gasteiger partial charge on any atom is 0.269 e. The van der Waals surface area contributed by atoms with Crippen LogP contribution in [-0.2, 0) is 11.2 Å². The minimum absolute atomic E-state index is 0.155. The number of hydrogen-bond acceptors (Lipinski definition) is 4. The SMILES string of the molecule is CC(C)OCCc1ncn(N)c1C(N)=O. The van der Waals surface area contributed by atoms with Gasteiger partial charge in [0.05, 0.1) is 18.4 Å². The van der Waals surface area contributed by atoms with Gasteiger partial charge in [0, 0.05) is 6.42 Å². The van der Waals surface area contributed by atoms with Crippen molar-refractivity contribution in [3.05, 3.63) is 17.7 Å². The normalized spacial score (nSPS) is 10.9. The van der Waals surface area contributed by atoms with Crippen molar-refractivity contribution in [2.75, 3.05) is 12.4 Å². The number of nitrogen functional groups attached to an aromatic ring is 1. The Morgan fingerprint density at radius 2 is 2.33 bits per heavy atom. The molecule has 1 aromatic rings. The molecule has 0 atom stereocenters. The fraction of sp³-hybridized carbons (Fsp3) is 0.556. The number of rotatable bonds is 5.